The summed E-state index contributed by atoms with van der Waals surface area (Å²) in [7, 11) is 1.97. The van der Waals surface area contributed by atoms with Gasteiger partial charge in [-0.2, -0.15) is 0 Å². The lowest BCUT2D eigenvalue weighted by Crippen LogP contribution is -2.08. The van der Waals surface area contributed by atoms with Crippen LogP contribution in [0.2, 0.25) is 5.82 Å². The highest BCUT2D eigenvalue weighted by Crippen LogP contribution is 2.31. The molecule has 1 radical (unpaired) electrons. The molecule has 2 atom stereocenters. The Morgan fingerprint density at radius 3 is 2.67 bits per heavy atom. The minimum Gasteiger partial charge on any atom is -0.306 e. The molecule has 3 heteroatoms. The molecule has 0 aliphatic carbocycles. The molecule has 1 fully saturated rings. The molecular formula is C9H11BNO. The van der Waals surface area contributed by atoms with Gasteiger partial charge < -0.3 is 4.84 Å². The molecule has 0 bridgehead atoms. The van der Waals surface area contributed by atoms with Gasteiger partial charge in [0.2, 0.25) is 7.41 Å². The van der Waals surface area contributed by atoms with E-state index in [1.54, 1.807) is 0 Å². The van der Waals surface area contributed by atoms with Crippen LogP contribution in [0.15, 0.2) is 30.3 Å². The second-order valence-corrected chi connectivity index (χ2v) is 3.09. The summed E-state index contributed by atoms with van der Waals surface area (Å²) in [6.07, 6.45) is 0.172. The molecule has 0 spiro atoms. The zero-order valence-electron chi connectivity index (χ0n) is 7.03. The standard InChI is InChI=1S/C9H11BNO/c1-7-9(12-11-10-7)8-5-3-2-4-6-8/h2-7,9,11H,1H3/t7-,9+/m0/s1. The van der Waals surface area contributed by atoms with E-state index in [1.807, 2.05) is 25.6 Å². The lowest BCUT2D eigenvalue weighted by atomic mass is 9.74. The molecule has 12 heavy (non-hydrogen) atoms. The first-order valence-corrected chi connectivity index (χ1v) is 4.17. The van der Waals surface area contributed by atoms with Crippen LogP contribution in [0.3, 0.4) is 0 Å². The van der Waals surface area contributed by atoms with Crippen molar-refractivity contribution in [1.82, 2.24) is 5.39 Å². The summed E-state index contributed by atoms with van der Waals surface area (Å²) in [5, 5.41) is 2.80. The topological polar surface area (TPSA) is 21.3 Å². The van der Waals surface area contributed by atoms with E-state index in [0.717, 1.165) is 0 Å². The highest BCUT2D eigenvalue weighted by Gasteiger charge is 2.26. The van der Waals surface area contributed by atoms with Crippen molar-refractivity contribution < 1.29 is 4.84 Å². The molecule has 1 aliphatic rings. The summed E-state index contributed by atoms with van der Waals surface area (Å²) in [5.41, 5.74) is 1.23. The smallest absolute Gasteiger partial charge is 0.247 e. The number of benzene rings is 1. The largest absolute Gasteiger partial charge is 0.306 e. The Labute approximate surface area is 73.1 Å². The van der Waals surface area contributed by atoms with Gasteiger partial charge in [-0.25, -0.2) is 5.39 Å². The summed E-state index contributed by atoms with van der Waals surface area (Å²) >= 11 is 0. The van der Waals surface area contributed by atoms with Crippen molar-refractivity contribution in [1.29, 1.82) is 0 Å². The molecule has 61 valence electrons. The minimum atomic E-state index is 0.172. The molecule has 1 aromatic carbocycles. The SMILES string of the molecule is C[C@@H]1[B]NO[C@H]1c1ccccc1. The van der Waals surface area contributed by atoms with E-state index in [0.29, 0.717) is 5.82 Å². The molecule has 0 amide bonds. The Bertz CT molecular complexity index is 252. The van der Waals surface area contributed by atoms with Crippen LogP contribution in [0, 0.1) is 0 Å². The summed E-state index contributed by atoms with van der Waals surface area (Å²) in [6, 6.07) is 10.2. The van der Waals surface area contributed by atoms with Gasteiger partial charge in [0.1, 0.15) is 0 Å². The average Bonchev–Trinajstić information content (AvgIpc) is 2.53. The molecule has 0 saturated carbocycles. The molecule has 1 aliphatic heterocycles. The summed E-state index contributed by atoms with van der Waals surface area (Å²) < 4.78 is 0. The molecule has 0 aromatic heterocycles. The van der Waals surface area contributed by atoms with Gasteiger partial charge in [0.15, 0.2) is 0 Å². The van der Waals surface area contributed by atoms with Crippen molar-refractivity contribution in [2.45, 2.75) is 18.8 Å². The van der Waals surface area contributed by atoms with Crippen LogP contribution in [0.1, 0.15) is 18.6 Å². The maximum atomic E-state index is 5.35. The van der Waals surface area contributed by atoms with Crippen LogP contribution in [-0.4, -0.2) is 7.41 Å². The first-order chi connectivity index (χ1) is 5.88. The fraction of sp³-hybridized carbons (Fsp3) is 0.333. The lowest BCUT2D eigenvalue weighted by molar-refractivity contribution is 0.0409. The van der Waals surface area contributed by atoms with E-state index in [9.17, 15) is 0 Å². The number of rotatable bonds is 1. The van der Waals surface area contributed by atoms with E-state index in [-0.39, 0.29) is 6.10 Å². The van der Waals surface area contributed by atoms with E-state index in [2.05, 4.69) is 24.4 Å². The zero-order chi connectivity index (χ0) is 8.39. The summed E-state index contributed by atoms with van der Waals surface area (Å²) in [5.74, 6) is 0.437. The van der Waals surface area contributed by atoms with Crippen LogP contribution in [0.4, 0.5) is 0 Å². The van der Waals surface area contributed by atoms with Gasteiger partial charge in [-0.05, 0) is 11.4 Å². The number of nitrogens with one attached hydrogen (secondary N) is 1. The lowest BCUT2D eigenvalue weighted by Gasteiger charge is -2.12. The molecule has 1 aromatic rings. The molecule has 2 rings (SSSR count). The summed E-state index contributed by atoms with van der Waals surface area (Å²) in [4.78, 5) is 5.35. The Morgan fingerprint density at radius 2 is 2.08 bits per heavy atom. The third-order valence-electron chi connectivity index (χ3n) is 2.13. The number of hydrogen-bond acceptors (Lipinski definition) is 2. The van der Waals surface area contributed by atoms with Gasteiger partial charge in [-0.1, -0.05) is 37.3 Å². The van der Waals surface area contributed by atoms with Gasteiger partial charge in [-0.15, -0.1) is 0 Å². The zero-order valence-corrected chi connectivity index (χ0v) is 7.03. The first kappa shape index (κ1) is 7.83. The van der Waals surface area contributed by atoms with Crippen LogP contribution in [0.25, 0.3) is 0 Å². The third kappa shape index (κ3) is 1.38. The highest BCUT2D eigenvalue weighted by molar-refractivity contribution is 6.34. The second kappa shape index (κ2) is 3.29. The molecule has 2 nitrogen and oxygen atoms in total. The van der Waals surface area contributed by atoms with Crippen molar-refractivity contribution in [3.63, 3.8) is 0 Å². The van der Waals surface area contributed by atoms with Crippen molar-refractivity contribution in [2.24, 2.45) is 0 Å². The molecule has 1 saturated heterocycles. The van der Waals surface area contributed by atoms with Crippen molar-refractivity contribution >= 4 is 7.41 Å². The van der Waals surface area contributed by atoms with Crippen LogP contribution in [0.5, 0.6) is 0 Å². The van der Waals surface area contributed by atoms with Crippen molar-refractivity contribution in [3.8, 4) is 0 Å². The fourth-order valence-corrected chi connectivity index (χ4v) is 1.43. The minimum absolute atomic E-state index is 0.172. The Morgan fingerprint density at radius 1 is 1.33 bits per heavy atom. The molecule has 1 heterocycles. The van der Waals surface area contributed by atoms with E-state index < -0.39 is 0 Å². The van der Waals surface area contributed by atoms with Gasteiger partial charge in [-0.3, -0.25) is 0 Å². The van der Waals surface area contributed by atoms with Gasteiger partial charge in [0.05, 0.1) is 6.10 Å². The second-order valence-electron chi connectivity index (χ2n) is 3.09. The maximum absolute atomic E-state index is 5.35. The van der Waals surface area contributed by atoms with Gasteiger partial charge in [0.25, 0.3) is 0 Å². The highest BCUT2D eigenvalue weighted by atomic mass is 16.7. The summed E-state index contributed by atoms with van der Waals surface area (Å²) in [6.45, 7) is 2.14. The van der Waals surface area contributed by atoms with E-state index in [1.165, 1.54) is 5.56 Å². The molecular weight excluding hydrogens is 149 g/mol. The average molecular weight is 160 g/mol. The van der Waals surface area contributed by atoms with E-state index in [4.69, 9.17) is 4.84 Å². The van der Waals surface area contributed by atoms with Crippen molar-refractivity contribution in [3.05, 3.63) is 35.9 Å². The fourth-order valence-electron chi connectivity index (χ4n) is 1.43. The first-order valence-electron chi connectivity index (χ1n) is 4.17. The number of hydrogen-bond donors (Lipinski definition) is 1. The van der Waals surface area contributed by atoms with Crippen LogP contribution >= 0.6 is 0 Å². The van der Waals surface area contributed by atoms with Gasteiger partial charge in [0, 0.05) is 0 Å². The van der Waals surface area contributed by atoms with Crippen molar-refractivity contribution in [2.75, 3.05) is 0 Å². The predicted octanol–water partition coefficient (Wildman–Crippen LogP) is 1.69. The van der Waals surface area contributed by atoms with Crippen LogP contribution < -0.4 is 5.39 Å². The van der Waals surface area contributed by atoms with Crippen LogP contribution in [-0.2, 0) is 4.84 Å². The Kier molecular flexibility index (Phi) is 2.15. The Hall–Kier alpha value is -0.795. The monoisotopic (exact) mass is 160 g/mol. The molecule has 1 N–H and O–H groups in total. The third-order valence-corrected chi connectivity index (χ3v) is 2.13. The molecule has 0 unspecified atom stereocenters. The normalized spacial score (nSPS) is 28.4. The maximum Gasteiger partial charge on any atom is 0.247 e. The quantitative estimate of drug-likeness (QED) is 0.631. The van der Waals surface area contributed by atoms with E-state index >= 15 is 0 Å². The Balaban J connectivity index is 2.19. The predicted molar refractivity (Wildman–Crippen MR) is 48.6 cm³/mol. The van der Waals surface area contributed by atoms with Gasteiger partial charge >= 0.3 is 0 Å².